The number of benzene rings is 10. The predicted octanol–water partition coefficient (Wildman–Crippen LogP) is 14.7. The van der Waals surface area contributed by atoms with Gasteiger partial charge in [0, 0.05) is 0 Å². The van der Waals surface area contributed by atoms with Gasteiger partial charge in [-0.05, 0) is 55.6 Å². The molecule has 1 N–H and O–H groups in total. The van der Waals surface area contributed by atoms with Crippen molar-refractivity contribution in [3.05, 3.63) is 359 Å². The summed E-state index contributed by atoms with van der Waals surface area (Å²) in [6.07, 6.45) is -14.1. The Morgan fingerprint density at radius 2 is 0.346 bits per heavy atom. The first kappa shape index (κ1) is 73.9. The van der Waals surface area contributed by atoms with Crippen molar-refractivity contribution in [2.75, 3.05) is 19.8 Å². The van der Waals surface area contributed by atoms with Crippen LogP contribution >= 0.6 is 0 Å². The zero-order valence-electron chi connectivity index (χ0n) is 58.3. The lowest BCUT2D eigenvalue weighted by atomic mass is 9.96. The molecular formula is C88H92O16. The molecule has 16 nitrogen and oxygen atoms in total. The van der Waals surface area contributed by atoms with Crippen LogP contribution < -0.4 is 0 Å². The normalized spacial score (nSPS) is 24.8. The molecule has 0 amide bonds. The molecule has 0 radical (unpaired) electrons. The minimum absolute atomic E-state index is 0.143. The second kappa shape index (κ2) is 39.6. The summed E-state index contributed by atoms with van der Waals surface area (Å²) in [7, 11) is 0. The van der Waals surface area contributed by atoms with E-state index in [-0.39, 0.29) is 79.3 Å². The monoisotopic (exact) mass is 1400 g/mol. The smallest absolute Gasteiger partial charge is 0.187 e. The van der Waals surface area contributed by atoms with E-state index in [0.717, 1.165) is 55.6 Å². The molecule has 0 saturated carbocycles. The van der Waals surface area contributed by atoms with E-state index in [4.69, 9.17) is 71.1 Å². The first-order chi connectivity index (χ1) is 51.5. The minimum atomic E-state index is -1.22. The van der Waals surface area contributed by atoms with E-state index in [9.17, 15) is 5.11 Å². The molecule has 10 aromatic carbocycles. The fourth-order valence-corrected chi connectivity index (χ4v) is 13.2. The van der Waals surface area contributed by atoms with Crippen LogP contribution in [0.3, 0.4) is 0 Å². The average Bonchev–Trinajstić information content (AvgIpc) is 0.784. The largest absolute Gasteiger partial charge is 0.394 e. The Hall–Kier alpha value is -8.44. The zero-order valence-corrected chi connectivity index (χ0v) is 58.3. The van der Waals surface area contributed by atoms with Crippen molar-refractivity contribution in [2.45, 2.75) is 158 Å². The Labute approximate surface area is 610 Å². The number of ether oxygens (including phenoxy) is 15. The van der Waals surface area contributed by atoms with E-state index in [0.29, 0.717) is 0 Å². The predicted molar refractivity (Wildman–Crippen MR) is 391 cm³/mol. The summed E-state index contributed by atoms with van der Waals surface area (Å²) < 4.78 is 107. The third-order valence-corrected chi connectivity index (χ3v) is 18.6. The fourth-order valence-electron chi connectivity index (χ4n) is 13.2. The van der Waals surface area contributed by atoms with Crippen molar-refractivity contribution >= 4 is 0 Å². The Kier molecular flexibility index (Phi) is 28.1. The van der Waals surface area contributed by atoms with Crippen LogP contribution in [0.25, 0.3) is 0 Å². The minimum Gasteiger partial charge on any atom is -0.394 e. The molecule has 0 aromatic heterocycles. The van der Waals surface area contributed by atoms with E-state index in [1.807, 2.05) is 303 Å². The van der Waals surface area contributed by atoms with Crippen molar-refractivity contribution in [1.29, 1.82) is 0 Å². The molecule has 3 heterocycles. The summed E-state index contributed by atoms with van der Waals surface area (Å²) in [5.74, 6) is 0. The Morgan fingerprint density at radius 1 is 0.183 bits per heavy atom. The summed E-state index contributed by atoms with van der Waals surface area (Å²) in [5.41, 5.74) is 9.32. The quantitative estimate of drug-likeness (QED) is 0.0392. The van der Waals surface area contributed by atoms with E-state index in [1.54, 1.807) is 0 Å². The van der Waals surface area contributed by atoms with Crippen molar-refractivity contribution < 1.29 is 76.2 Å². The molecule has 10 aromatic rings. The summed E-state index contributed by atoms with van der Waals surface area (Å²) in [5, 5.41) is 11.5. The summed E-state index contributed by atoms with van der Waals surface area (Å²) in [6.45, 7) is 1.14. The van der Waals surface area contributed by atoms with Crippen LogP contribution in [-0.4, -0.2) is 117 Å². The van der Waals surface area contributed by atoms with Crippen LogP contribution in [-0.2, 0) is 137 Å². The van der Waals surface area contributed by atoms with E-state index < -0.39 is 98.7 Å². The highest BCUT2D eigenvalue weighted by Gasteiger charge is 2.54. The summed E-state index contributed by atoms with van der Waals surface area (Å²) in [4.78, 5) is 0. The molecule has 0 aliphatic carbocycles. The molecule has 104 heavy (non-hydrogen) atoms. The highest BCUT2D eigenvalue weighted by atomic mass is 16.8. The average molecular weight is 1410 g/mol. The highest BCUT2D eigenvalue weighted by Crippen LogP contribution is 2.38. The van der Waals surface area contributed by atoms with Crippen LogP contribution in [0.15, 0.2) is 303 Å². The van der Waals surface area contributed by atoms with Gasteiger partial charge >= 0.3 is 0 Å². The van der Waals surface area contributed by atoms with Gasteiger partial charge in [0.25, 0.3) is 0 Å². The van der Waals surface area contributed by atoms with Gasteiger partial charge in [-0.3, -0.25) is 0 Å². The third kappa shape index (κ3) is 21.4. The molecule has 3 fully saturated rings. The Balaban J connectivity index is 0.879. The van der Waals surface area contributed by atoms with Gasteiger partial charge in [0.15, 0.2) is 18.9 Å². The molecule has 16 heteroatoms. The maximum Gasteiger partial charge on any atom is 0.187 e. The van der Waals surface area contributed by atoms with Crippen LogP contribution in [0.5, 0.6) is 0 Å². The third-order valence-electron chi connectivity index (χ3n) is 18.6. The van der Waals surface area contributed by atoms with Gasteiger partial charge in [0.05, 0.1) is 85.9 Å². The number of rotatable bonds is 37. The molecule has 0 bridgehead atoms. The maximum atomic E-state index is 11.5. The Bertz CT molecular complexity index is 3960. The first-order valence-electron chi connectivity index (χ1n) is 35.9. The van der Waals surface area contributed by atoms with Gasteiger partial charge in [0.2, 0.25) is 0 Å². The second-order valence-electron chi connectivity index (χ2n) is 26.1. The van der Waals surface area contributed by atoms with Gasteiger partial charge in [-0.2, -0.15) is 0 Å². The molecule has 0 unspecified atom stereocenters. The van der Waals surface area contributed by atoms with E-state index >= 15 is 0 Å². The molecule has 3 aliphatic rings. The van der Waals surface area contributed by atoms with Crippen LogP contribution in [0.1, 0.15) is 55.6 Å². The van der Waals surface area contributed by atoms with Gasteiger partial charge in [-0.1, -0.05) is 303 Å². The van der Waals surface area contributed by atoms with Crippen molar-refractivity contribution in [1.82, 2.24) is 0 Å². The molecule has 540 valence electrons. The van der Waals surface area contributed by atoms with Gasteiger partial charge in [-0.25, -0.2) is 0 Å². The van der Waals surface area contributed by atoms with E-state index in [2.05, 4.69) is 0 Å². The lowest BCUT2D eigenvalue weighted by molar-refractivity contribution is -0.363. The lowest BCUT2D eigenvalue weighted by Gasteiger charge is -2.48. The fraction of sp³-hybridized carbons (Fsp3) is 0.318. The second-order valence-corrected chi connectivity index (χ2v) is 26.1. The molecule has 13 rings (SSSR count). The first-order valence-corrected chi connectivity index (χ1v) is 35.9. The number of hydrogen-bond donors (Lipinski definition) is 1. The van der Waals surface area contributed by atoms with Crippen molar-refractivity contribution in [3.63, 3.8) is 0 Å². The molecule has 15 atom stereocenters. The maximum absolute atomic E-state index is 11.5. The van der Waals surface area contributed by atoms with Gasteiger partial charge < -0.3 is 76.2 Å². The Morgan fingerprint density at radius 3 is 0.558 bits per heavy atom. The SMILES string of the molecule is OC[C@H]1O[C@H](OC[C@H]2O[C@H](OC[C@H]3O[C@H](OCc4ccccc4)[C@@H](OCc4ccccc4)[C@@H](OCc4ccccc4)[C@@H]3OCc3ccccc3)[C@@H](OCc3ccccc3)[C@@H](OCc3ccccc3)[C@@H]2OCc2ccccc2)[C@@H](OCc2ccccc2)[C@@H](OCc2ccccc2)[C@@H]1OCc1ccccc1. The highest BCUT2D eigenvalue weighted by molar-refractivity contribution is 5.22. The number of aliphatic hydroxyl groups excluding tert-OH is 1. The standard InChI is InChI=1S/C88H92O16/c89-51-74-77(90-52-64-31-11-1-12-32-64)80(93-55-67-37-17-4-18-38-67)83(96-58-70-43-23-7-24-44-70)87(102-74)100-62-76-79(92-54-66-35-15-3-16-36-66)82(95-57-69-41-21-6-22-42-69)85(98-60-72-47-27-9-28-48-72)88(104-76)101-63-75-78(91-53-65-33-13-2-14-34-65)81(94-56-68-39-19-5-20-40-68)84(97-59-71-45-25-8-26-46-71)86(103-75)99-61-73-49-29-10-30-50-73/h1-50,74-89H,51-63H2/t74-,75-,76-,77-,78-,79-,80+,81+,82+,83+,84+,85+,86+,87+,88+/m1/s1. The van der Waals surface area contributed by atoms with Gasteiger partial charge in [0.1, 0.15) is 73.2 Å². The number of hydrogen-bond acceptors (Lipinski definition) is 16. The zero-order chi connectivity index (χ0) is 70.6. The summed E-state index contributed by atoms with van der Waals surface area (Å²) in [6, 6.07) is 99.6. The van der Waals surface area contributed by atoms with E-state index in [1.165, 1.54) is 0 Å². The van der Waals surface area contributed by atoms with Crippen molar-refractivity contribution in [2.24, 2.45) is 0 Å². The molecule has 0 spiro atoms. The van der Waals surface area contributed by atoms with Crippen LogP contribution in [0.4, 0.5) is 0 Å². The van der Waals surface area contributed by atoms with Crippen LogP contribution in [0, 0.1) is 0 Å². The van der Waals surface area contributed by atoms with Crippen molar-refractivity contribution in [3.8, 4) is 0 Å². The van der Waals surface area contributed by atoms with Crippen LogP contribution in [0.2, 0.25) is 0 Å². The molecule has 3 aliphatic heterocycles. The number of aliphatic hydroxyl groups is 1. The molecule has 3 saturated heterocycles. The molecular weight excluding hydrogens is 1310 g/mol. The van der Waals surface area contributed by atoms with Gasteiger partial charge in [-0.15, -0.1) is 0 Å². The lowest BCUT2D eigenvalue weighted by Crippen LogP contribution is -2.65. The topological polar surface area (TPSA) is 159 Å². The summed E-state index contributed by atoms with van der Waals surface area (Å²) >= 11 is 0.